The second kappa shape index (κ2) is 13.1. The standard InChI is InChI=1S/C25H39P.C11H23P.CH3.Pd/c1-2-4-23(3-1)26(24-11-17-5-7-19(13-24)21(9-17)15-24)25-12-18-6-8-20(14-25)22(10-18)16-25;1-9(2)12(10(3)4)11-7-5-6-8-11;;/h17-23H,1-16H2;9-11H,5-8H2,1-4H3;1H3;/q;;-1;/p+2. The summed E-state index contributed by atoms with van der Waals surface area (Å²) < 4.78 is 0. The molecule has 8 unspecified atom stereocenters. The van der Waals surface area contributed by atoms with Gasteiger partial charge in [-0.2, -0.15) is 0 Å². The van der Waals surface area contributed by atoms with E-state index in [9.17, 15) is 0 Å². The van der Waals surface area contributed by atoms with Gasteiger partial charge in [-0.15, -0.1) is 0 Å². The van der Waals surface area contributed by atoms with Crippen molar-refractivity contribution in [3.8, 4) is 0 Å². The molecule has 8 rings (SSSR count). The van der Waals surface area contributed by atoms with Crippen molar-refractivity contribution in [3.05, 3.63) is 7.43 Å². The van der Waals surface area contributed by atoms with E-state index in [1.54, 1.807) is 116 Å². The molecular weight excluding hydrogens is 613 g/mol. The van der Waals surface area contributed by atoms with Crippen molar-refractivity contribution < 1.29 is 20.4 Å². The van der Waals surface area contributed by atoms with Crippen LogP contribution in [0.15, 0.2) is 0 Å². The van der Waals surface area contributed by atoms with Gasteiger partial charge in [0.05, 0.1) is 32.9 Å². The summed E-state index contributed by atoms with van der Waals surface area (Å²) in [4.78, 5) is 0. The molecule has 0 amide bonds. The van der Waals surface area contributed by atoms with E-state index in [-0.39, 0.29) is 43.7 Å². The molecule has 8 saturated carbocycles. The van der Waals surface area contributed by atoms with E-state index < -0.39 is 0 Å². The van der Waals surface area contributed by atoms with Crippen LogP contribution < -0.4 is 0 Å². The molecule has 8 fully saturated rings. The van der Waals surface area contributed by atoms with E-state index in [1.165, 1.54) is 54.0 Å². The van der Waals surface area contributed by atoms with Gasteiger partial charge in [-0.3, -0.25) is 0 Å². The van der Waals surface area contributed by atoms with Crippen molar-refractivity contribution in [2.45, 2.75) is 189 Å². The quantitative estimate of drug-likeness (QED) is 0.149. The van der Waals surface area contributed by atoms with Gasteiger partial charge in [0.2, 0.25) is 0 Å². The molecule has 0 radical (unpaired) electrons. The van der Waals surface area contributed by atoms with Crippen molar-refractivity contribution >= 4 is 15.8 Å². The largest absolute Gasteiger partial charge is 0.358 e. The first-order valence-electron chi connectivity index (χ1n) is 18.1. The molecule has 0 aromatic carbocycles. The Kier molecular flexibility index (Phi) is 10.8. The number of rotatable bonds is 6. The number of hydrogen-bond donors (Lipinski definition) is 0. The fraction of sp³-hybridized carbons (Fsp3) is 0.973. The second-order valence-electron chi connectivity index (χ2n) is 17.4. The summed E-state index contributed by atoms with van der Waals surface area (Å²) in [5.74, 6) is 7.09. The fourth-order valence-corrected chi connectivity index (χ4v) is 25.1. The maximum atomic E-state index is 2.44. The molecule has 0 spiro atoms. The van der Waals surface area contributed by atoms with Crippen LogP contribution in [0.5, 0.6) is 0 Å². The van der Waals surface area contributed by atoms with Gasteiger partial charge < -0.3 is 7.43 Å². The molecule has 0 saturated heterocycles. The summed E-state index contributed by atoms with van der Waals surface area (Å²) in [5, 5.41) is 1.86. The van der Waals surface area contributed by atoms with Gasteiger partial charge >= 0.3 is 0 Å². The summed E-state index contributed by atoms with van der Waals surface area (Å²) >= 11 is 0. The third-order valence-electron chi connectivity index (χ3n) is 14.5. The molecule has 0 heterocycles. The third-order valence-corrected chi connectivity index (χ3v) is 23.6. The Morgan fingerprint density at radius 3 is 1.32 bits per heavy atom. The summed E-state index contributed by atoms with van der Waals surface area (Å²) in [5.41, 5.74) is 4.36. The molecule has 6 bridgehead atoms. The van der Waals surface area contributed by atoms with Crippen LogP contribution in [-0.4, -0.2) is 32.9 Å². The average Bonchev–Trinajstić information content (AvgIpc) is 3.63. The first-order valence-corrected chi connectivity index (χ1v) is 21.4. The predicted octanol–water partition coefficient (Wildman–Crippen LogP) is 11.5. The van der Waals surface area contributed by atoms with Crippen LogP contribution in [0.2, 0.25) is 0 Å². The van der Waals surface area contributed by atoms with Crippen molar-refractivity contribution in [1.29, 1.82) is 0 Å². The van der Waals surface area contributed by atoms with Crippen LogP contribution in [0.25, 0.3) is 0 Å². The smallest absolute Gasteiger partial charge is 0.0793 e. The van der Waals surface area contributed by atoms with E-state index in [0.29, 0.717) is 0 Å². The minimum Gasteiger partial charge on any atom is -0.358 e. The van der Waals surface area contributed by atoms with Gasteiger partial charge in [-0.1, -0.05) is 12.8 Å². The molecule has 0 aromatic rings. The first kappa shape index (κ1) is 32.9. The second-order valence-corrected chi connectivity index (χ2v) is 25.3. The topological polar surface area (TPSA) is 0 Å². The average molecular weight is 680 g/mol. The number of fused-ring (bicyclic) bond motifs is 4. The zero-order chi connectivity index (χ0) is 26.1. The van der Waals surface area contributed by atoms with Crippen molar-refractivity contribution in [1.82, 2.24) is 0 Å². The Balaban J connectivity index is 0.000000199. The van der Waals surface area contributed by atoms with E-state index in [4.69, 9.17) is 0 Å². The molecule has 0 aromatic heterocycles. The molecule has 40 heavy (non-hydrogen) atoms. The minimum atomic E-state index is -0.211. The molecule has 0 nitrogen and oxygen atoms in total. The molecule has 0 N–H and O–H groups in total. The Hall–Kier alpha value is 1.52. The predicted molar refractivity (Wildman–Crippen MR) is 180 cm³/mol. The van der Waals surface area contributed by atoms with Crippen molar-refractivity contribution in [2.24, 2.45) is 35.5 Å². The Morgan fingerprint density at radius 2 is 0.900 bits per heavy atom. The van der Waals surface area contributed by atoms with Gasteiger partial charge in [0, 0.05) is 36.3 Å². The maximum absolute atomic E-state index is 2.44. The maximum Gasteiger partial charge on any atom is 0.0793 e. The molecule has 8 atom stereocenters. The van der Waals surface area contributed by atoms with E-state index in [1.807, 2.05) is 0 Å². The summed E-state index contributed by atoms with van der Waals surface area (Å²) in [6.07, 6.45) is 32.9. The Labute approximate surface area is 267 Å². The van der Waals surface area contributed by atoms with Gasteiger partial charge in [-0.05, 0) is 179 Å². The summed E-state index contributed by atoms with van der Waals surface area (Å²) in [6, 6.07) is 0. The summed E-state index contributed by atoms with van der Waals surface area (Å²) in [6.45, 7) is 9.75. The molecule has 234 valence electrons. The van der Waals surface area contributed by atoms with Crippen LogP contribution in [0.4, 0.5) is 0 Å². The number of hydrogen-bond acceptors (Lipinski definition) is 0. The van der Waals surface area contributed by atoms with Gasteiger partial charge in [0.25, 0.3) is 0 Å². The Morgan fingerprint density at radius 1 is 0.500 bits per heavy atom. The van der Waals surface area contributed by atoms with Crippen molar-refractivity contribution in [3.63, 3.8) is 0 Å². The van der Waals surface area contributed by atoms with Crippen LogP contribution in [0.1, 0.15) is 156 Å². The fourth-order valence-electron chi connectivity index (χ4n) is 14.0. The third kappa shape index (κ3) is 5.92. The van der Waals surface area contributed by atoms with Crippen LogP contribution in [0, 0.1) is 42.9 Å². The zero-order valence-corrected chi connectivity index (χ0v) is 30.8. The zero-order valence-electron chi connectivity index (χ0n) is 27.2. The Bertz CT molecular complexity index is 770. The van der Waals surface area contributed by atoms with E-state index >= 15 is 0 Å². The van der Waals surface area contributed by atoms with Crippen molar-refractivity contribution in [2.75, 3.05) is 0 Å². The van der Waals surface area contributed by atoms with Gasteiger partial charge in [0.15, 0.2) is 0 Å². The molecule has 3 heteroatoms. The molecular formula is C37H67P2Pd+. The van der Waals surface area contributed by atoms with Gasteiger partial charge in [-0.25, -0.2) is 0 Å². The van der Waals surface area contributed by atoms with Crippen LogP contribution in [-0.2, 0) is 20.4 Å². The minimum absolute atomic E-state index is 0. The van der Waals surface area contributed by atoms with Crippen LogP contribution >= 0.6 is 15.8 Å². The SMILES string of the molecule is C1CCC([PH+](C23CC4CCC(C2)C(C4)C3)C23CC4CCC(C2)C(C4)C3)C1.CC(C)[PH+](C(C)C)C1CCCC1.[CH3-].[Pd]. The van der Waals surface area contributed by atoms with Crippen LogP contribution in [0.3, 0.4) is 0 Å². The van der Waals surface area contributed by atoms with Gasteiger partial charge in [0.1, 0.15) is 0 Å². The normalized spacial score (nSPS) is 44.2. The molecule has 8 aliphatic carbocycles. The van der Waals surface area contributed by atoms with E-state index in [0.717, 1.165) is 27.3 Å². The summed E-state index contributed by atoms with van der Waals surface area (Å²) in [7, 11) is -0.267. The monoisotopic (exact) mass is 679 g/mol. The van der Waals surface area contributed by atoms with E-state index in [2.05, 4.69) is 27.7 Å². The molecule has 8 aliphatic rings. The molecule has 0 aliphatic heterocycles. The first-order chi connectivity index (χ1) is 18.4.